The molecule has 0 saturated carbocycles. The summed E-state index contributed by atoms with van der Waals surface area (Å²) in [4.78, 5) is 18.9. The van der Waals surface area contributed by atoms with Crippen LogP contribution in [-0.4, -0.2) is 27.5 Å². The highest BCUT2D eigenvalue weighted by Gasteiger charge is 2.14. The van der Waals surface area contributed by atoms with Crippen LogP contribution in [0.3, 0.4) is 0 Å². The topological polar surface area (TPSA) is 79.6 Å². The first-order chi connectivity index (χ1) is 11.5. The standard InChI is InChI=1S/C17H21N3O3S/c1-4-11(3)20-16(22)14(15(21)19-17(20)24)10-18-12-6-8-13(9-7-12)23-5-2/h6-11,22H,4-5H2,1-3H3,(H,19,21,24). The Morgan fingerprint density at radius 2 is 2.04 bits per heavy atom. The van der Waals surface area contributed by atoms with Crippen LogP contribution in [0.2, 0.25) is 0 Å². The van der Waals surface area contributed by atoms with Gasteiger partial charge in [-0.05, 0) is 56.8 Å². The fraction of sp³-hybridized carbons (Fsp3) is 0.353. The first-order valence-electron chi connectivity index (χ1n) is 7.82. The van der Waals surface area contributed by atoms with Crippen LogP contribution in [0.1, 0.15) is 38.8 Å². The number of aromatic hydroxyl groups is 1. The van der Waals surface area contributed by atoms with Gasteiger partial charge in [0.1, 0.15) is 11.3 Å². The molecule has 1 aromatic carbocycles. The maximum Gasteiger partial charge on any atom is 0.264 e. The summed E-state index contributed by atoms with van der Waals surface area (Å²) in [6.45, 7) is 6.40. The Morgan fingerprint density at radius 1 is 1.38 bits per heavy atom. The summed E-state index contributed by atoms with van der Waals surface area (Å²) in [6, 6.07) is 7.11. The number of aromatic nitrogens is 2. The Hall–Kier alpha value is -2.41. The summed E-state index contributed by atoms with van der Waals surface area (Å²) < 4.78 is 7.09. The predicted octanol–water partition coefficient (Wildman–Crippen LogP) is 3.73. The van der Waals surface area contributed by atoms with Crippen molar-refractivity contribution in [3.63, 3.8) is 0 Å². The van der Waals surface area contributed by atoms with Crippen LogP contribution in [0.5, 0.6) is 11.6 Å². The van der Waals surface area contributed by atoms with Crippen molar-refractivity contribution in [2.45, 2.75) is 33.2 Å². The second-order valence-corrected chi connectivity index (χ2v) is 5.70. The molecule has 1 unspecified atom stereocenters. The van der Waals surface area contributed by atoms with Crippen LogP contribution < -0.4 is 10.3 Å². The molecule has 2 rings (SSSR count). The maximum atomic E-state index is 12.1. The van der Waals surface area contributed by atoms with Crippen LogP contribution >= 0.6 is 12.2 Å². The number of ether oxygens (including phenoxy) is 1. The first kappa shape index (κ1) is 17.9. The number of aliphatic imine (C=N–C) groups is 1. The monoisotopic (exact) mass is 347 g/mol. The summed E-state index contributed by atoms with van der Waals surface area (Å²) in [5.74, 6) is 0.579. The highest BCUT2D eigenvalue weighted by molar-refractivity contribution is 7.71. The zero-order valence-corrected chi connectivity index (χ0v) is 14.8. The minimum atomic E-state index is -0.466. The summed E-state index contributed by atoms with van der Waals surface area (Å²) in [5.41, 5.74) is 0.263. The Bertz CT molecular complexity index is 838. The molecule has 0 bridgehead atoms. The van der Waals surface area contributed by atoms with E-state index in [9.17, 15) is 9.90 Å². The lowest BCUT2D eigenvalue weighted by Crippen LogP contribution is -2.20. The summed E-state index contributed by atoms with van der Waals surface area (Å²) in [5, 5.41) is 10.4. The molecule has 7 heteroatoms. The molecule has 128 valence electrons. The van der Waals surface area contributed by atoms with Gasteiger partial charge < -0.3 is 9.84 Å². The van der Waals surface area contributed by atoms with E-state index >= 15 is 0 Å². The van der Waals surface area contributed by atoms with Crippen molar-refractivity contribution in [1.82, 2.24) is 9.55 Å². The molecular weight excluding hydrogens is 326 g/mol. The summed E-state index contributed by atoms with van der Waals surface area (Å²) >= 11 is 5.13. The number of rotatable bonds is 6. The first-order valence-corrected chi connectivity index (χ1v) is 8.23. The third-order valence-corrected chi connectivity index (χ3v) is 3.97. The SMILES string of the molecule is CCOc1ccc(N=Cc2c(O)n(C(C)CC)c(=S)[nH]c2=O)cc1. The van der Waals surface area contributed by atoms with Gasteiger partial charge in [-0.2, -0.15) is 0 Å². The van der Waals surface area contributed by atoms with Crippen LogP contribution in [0.15, 0.2) is 34.1 Å². The lowest BCUT2D eigenvalue weighted by molar-refractivity contribution is 0.340. The predicted molar refractivity (Wildman–Crippen MR) is 97.4 cm³/mol. The molecule has 24 heavy (non-hydrogen) atoms. The van der Waals surface area contributed by atoms with Crippen LogP contribution in [0, 0.1) is 4.77 Å². The highest BCUT2D eigenvalue weighted by atomic mass is 32.1. The number of H-pyrrole nitrogens is 1. The molecule has 6 nitrogen and oxygen atoms in total. The third kappa shape index (κ3) is 3.91. The molecule has 0 fully saturated rings. The van der Waals surface area contributed by atoms with Gasteiger partial charge in [0.25, 0.3) is 5.56 Å². The van der Waals surface area contributed by atoms with E-state index in [0.717, 1.165) is 12.2 Å². The van der Waals surface area contributed by atoms with Crippen LogP contribution in [0.4, 0.5) is 5.69 Å². The molecular formula is C17H21N3O3S. The maximum absolute atomic E-state index is 12.1. The smallest absolute Gasteiger partial charge is 0.264 e. The van der Waals surface area contributed by atoms with Gasteiger partial charge in [0.2, 0.25) is 5.88 Å². The van der Waals surface area contributed by atoms with Gasteiger partial charge in [-0.15, -0.1) is 0 Å². The van der Waals surface area contributed by atoms with Crippen molar-refractivity contribution in [2.24, 2.45) is 4.99 Å². The molecule has 1 aromatic heterocycles. The Morgan fingerprint density at radius 3 is 2.62 bits per heavy atom. The lowest BCUT2D eigenvalue weighted by Gasteiger charge is -2.16. The lowest BCUT2D eigenvalue weighted by atomic mass is 10.2. The molecule has 1 atom stereocenters. The van der Waals surface area contributed by atoms with Gasteiger partial charge in [0.15, 0.2) is 4.77 Å². The molecule has 0 spiro atoms. The van der Waals surface area contributed by atoms with Crippen molar-refractivity contribution in [3.05, 3.63) is 45.0 Å². The largest absolute Gasteiger partial charge is 0.494 e. The van der Waals surface area contributed by atoms with E-state index in [1.165, 1.54) is 10.8 Å². The number of nitrogens with one attached hydrogen (secondary N) is 1. The molecule has 0 aliphatic heterocycles. The minimum Gasteiger partial charge on any atom is -0.494 e. The molecule has 0 aliphatic carbocycles. The van der Waals surface area contributed by atoms with Gasteiger partial charge in [-0.1, -0.05) is 6.92 Å². The molecule has 2 N–H and O–H groups in total. The van der Waals surface area contributed by atoms with Crippen molar-refractivity contribution >= 4 is 24.1 Å². The Balaban J connectivity index is 2.38. The number of hydrogen-bond donors (Lipinski definition) is 2. The van der Waals surface area contributed by atoms with Gasteiger partial charge in [0.05, 0.1) is 12.3 Å². The van der Waals surface area contributed by atoms with Crippen molar-refractivity contribution in [3.8, 4) is 11.6 Å². The zero-order chi connectivity index (χ0) is 17.7. The third-order valence-electron chi connectivity index (χ3n) is 3.68. The second-order valence-electron chi connectivity index (χ2n) is 5.31. The highest BCUT2D eigenvalue weighted by Crippen LogP contribution is 2.22. The molecule has 2 aromatic rings. The molecule has 1 heterocycles. The van der Waals surface area contributed by atoms with Crippen LogP contribution in [-0.2, 0) is 0 Å². The van der Waals surface area contributed by atoms with E-state index in [1.54, 1.807) is 24.3 Å². The van der Waals surface area contributed by atoms with E-state index in [1.807, 2.05) is 20.8 Å². The van der Waals surface area contributed by atoms with Gasteiger partial charge in [-0.3, -0.25) is 19.3 Å². The Labute approximate surface area is 145 Å². The van der Waals surface area contributed by atoms with Crippen LogP contribution in [0.25, 0.3) is 0 Å². The fourth-order valence-corrected chi connectivity index (χ4v) is 2.55. The van der Waals surface area contributed by atoms with Crippen molar-refractivity contribution in [2.75, 3.05) is 6.61 Å². The number of aromatic amines is 1. The van der Waals surface area contributed by atoms with E-state index in [0.29, 0.717) is 12.3 Å². The number of benzene rings is 1. The van der Waals surface area contributed by atoms with Gasteiger partial charge in [-0.25, -0.2) is 0 Å². The average molecular weight is 347 g/mol. The van der Waals surface area contributed by atoms with E-state index in [-0.39, 0.29) is 22.3 Å². The normalized spacial score (nSPS) is 12.5. The number of nitrogens with zero attached hydrogens (tertiary/aromatic N) is 2. The zero-order valence-electron chi connectivity index (χ0n) is 13.9. The van der Waals surface area contributed by atoms with Crippen molar-refractivity contribution in [1.29, 1.82) is 0 Å². The summed E-state index contributed by atoms with van der Waals surface area (Å²) in [6.07, 6.45) is 2.11. The van der Waals surface area contributed by atoms with Gasteiger partial charge >= 0.3 is 0 Å². The van der Waals surface area contributed by atoms with E-state index in [2.05, 4.69) is 9.98 Å². The average Bonchev–Trinajstić information content (AvgIpc) is 2.55. The molecule has 0 amide bonds. The molecule has 0 saturated heterocycles. The van der Waals surface area contributed by atoms with Gasteiger partial charge in [0, 0.05) is 12.3 Å². The fourth-order valence-electron chi connectivity index (χ4n) is 2.19. The quantitative estimate of drug-likeness (QED) is 0.616. The minimum absolute atomic E-state index is 0.0352. The second kappa shape index (κ2) is 7.92. The Kier molecular flexibility index (Phi) is 5.92. The molecule has 0 aliphatic rings. The van der Waals surface area contributed by atoms with E-state index < -0.39 is 5.56 Å². The molecule has 0 radical (unpaired) electrons. The van der Waals surface area contributed by atoms with Crippen molar-refractivity contribution < 1.29 is 9.84 Å². The number of hydrogen-bond acceptors (Lipinski definition) is 5. The summed E-state index contributed by atoms with van der Waals surface area (Å²) in [7, 11) is 0. The van der Waals surface area contributed by atoms with E-state index in [4.69, 9.17) is 17.0 Å².